The number of rotatable bonds is 3. The summed E-state index contributed by atoms with van der Waals surface area (Å²) >= 11 is 7.02. The molecule has 0 spiro atoms. The molecular weight excluding hydrogens is 178 g/mol. The van der Waals surface area contributed by atoms with Gasteiger partial charge in [0.15, 0.2) is 0 Å². The van der Waals surface area contributed by atoms with E-state index >= 15 is 0 Å². The minimum atomic E-state index is 0.682. The first kappa shape index (κ1) is 8.75. The Morgan fingerprint density at radius 1 is 1.82 bits per heavy atom. The van der Waals surface area contributed by atoms with Crippen LogP contribution in [0.4, 0.5) is 0 Å². The van der Waals surface area contributed by atoms with E-state index in [2.05, 4.69) is 17.4 Å². The molecule has 1 nitrogen and oxygen atoms in total. The van der Waals surface area contributed by atoms with E-state index in [9.17, 15) is 0 Å². The zero-order chi connectivity index (χ0) is 8.10. The van der Waals surface area contributed by atoms with E-state index in [1.165, 1.54) is 17.1 Å². The molecule has 60 valence electrons. The Labute approximate surface area is 75.9 Å². The van der Waals surface area contributed by atoms with Gasteiger partial charge < -0.3 is 0 Å². The predicted molar refractivity (Wildman–Crippen MR) is 51.1 cm³/mol. The van der Waals surface area contributed by atoms with Crippen LogP contribution in [0.15, 0.2) is 17.5 Å². The Hall–Kier alpha value is -0.340. The molecule has 0 aromatic carbocycles. The third-order valence-electron chi connectivity index (χ3n) is 1.40. The highest BCUT2D eigenvalue weighted by molar-refractivity contribution is 7.03. The van der Waals surface area contributed by atoms with Crippen molar-refractivity contribution in [2.45, 2.75) is 13.3 Å². The molecule has 0 saturated heterocycles. The molecule has 0 fully saturated rings. The zero-order valence-corrected chi connectivity index (χ0v) is 7.95. The van der Waals surface area contributed by atoms with Gasteiger partial charge in [0, 0.05) is 11.3 Å². The van der Waals surface area contributed by atoms with Gasteiger partial charge in [0.25, 0.3) is 0 Å². The largest absolute Gasteiger partial charge is 0.193 e. The summed E-state index contributed by atoms with van der Waals surface area (Å²) in [4.78, 5) is 0. The van der Waals surface area contributed by atoms with Crippen LogP contribution in [0.5, 0.6) is 0 Å². The molecule has 0 aliphatic rings. The maximum absolute atomic E-state index is 5.54. The summed E-state index contributed by atoms with van der Waals surface area (Å²) in [6.45, 7) is 2.06. The summed E-state index contributed by atoms with van der Waals surface area (Å²) < 4.78 is 4.20. The van der Waals surface area contributed by atoms with Crippen LogP contribution >= 0.6 is 23.1 Å². The molecule has 0 atom stereocenters. The van der Waals surface area contributed by atoms with E-state index in [1.54, 1.807) is 0 Å². The molecule has 0 N–H and O–H groups in total. The maximum Gasteiger partial charge on any atom is 0.0794 e. The summed E-state index contributed by atoms with van der Waals surface area (Å²) in [5, 5.41) is 1.98. The van der Waals surface area contributed by atoms with Gasteiger partial charge in [0.05, 0.1) is 5.69 Å². The number of allylic oxidation sites excluding steroid dienone is 2. The average Bonchev–Trinajstić information content (AvgIpc) is 2.52. The number of halogens is 1. The normalized spacial score (nSPS) is 12.0. The second-order valence-electron chi connectivity index (χ2n) is 2.25. The minimum Gasteiger partial charge on any atom is -0.193 e. The zero-order valence-electron chi connectivity index (χ0n) is 6.38. The van der Waals surface area contributed by atoms with E-state index in [-0.39, 0.29) is 0 Å². The highest BCUT2D eigenvalue weighted by Crippen LogP contribution is 2.13. The van der Waals surface area contributed by atoms with Crippen molar-refractivity contribution in [2.24, 2.45) is 0 Å². The first-order chi connectivity index (χ1) is 5.34. The Bertz CT molecular complexity index is 228. The quantitative estimate of drug-likeness (QED) is 0.663. The van der Waals surface area contributed by atoms with Crippen LogP contribution in [-0.4, -0.2) is 10.3 Å². The SMILES string of the molecule is C/C(=C/CCCl)c1ccsn1. The smallest absolute Gasteiger partial charge is 0.0794 e. The predicted octanol–water partition coefficient (Wildman–Crippen LogP) is 3.18. The van der Waals surface area contributed by atoms with Gasteiger partial charge in [-0.05, 0) is 36.5 Å². The molecule has 11 heavy (non-hydrogen) atoms. The van der Waals surface area contributed by atoms with Crippen LogP contribution in [0.25, 0.3) is 5.57 Å². The Morgan fingerprint density at radius 3 is 3.18 bits per heavy atom. The molecule has 3 heteroatoms. The van der Waals surface area contributed by atoms with Crippen LogP contribution in [-0.2, 0) is 0 Å². The summed E-state index contributed by atoms with van der Waals surface area (Å²) in [5.41, 5.74) is 2.28. The Kier molecular flexibility index (Phi) is 3.60. The van der Waals surface area contributed by atoms with Gasteiger partial charge in [-0.3, -0.25) is 0 Å². The summed E-state index contributed by atoms with van der Waals surface area (Å²) in [7, 11) is 0. The third-order valence-corrected chi connectivity index (χ3v) is 2.18. The topological polar surface area (TPSA) is 12.9 Å². The van der Waals surface area contributed by atoms with Crippen molar-refractivity contribution in [1.82, 2.24) is 4.37 Å². The first-order valence-corrected chi connectivity index (χ1v) is 4.85. The molecule has 1 aromatic heterocycles. The van der Waals surface area contributed by atoms with E-state index in [0.29, 0.717) is 5.88 Å². The molecule has 0 saturated carbocycles. The van der Waals surface area contributed by atoms with Crippen molar-refractivity contribution in [2.75, 3.05) is 5.88 Å². The number of nitrogens with zero attached hydrogens (tertiary/aromatic N) is 1. The van der Waals surface area contributed by atoms with Crippen molar-refractivity contribution < 1.29 is 0 Å². The third kappa shape index (κ3) is 2.64. The van der Waals surface area contributed by atoms with Gasteiger partial charge in [0.1, 0.15) is 0 Å². The van der Waals surface area contributed by atoms with Crippen molar-refractivity contribution >= 4 is 28.7 Å². The lowest BCUT2D eigenvalue weighted by molar-refractivity contribution is 1.23. The van der Waals surface area contributed by atoms with Crippen molar-refractivity contribution in [3.05, 3.63) is 23.2 Å². The molecular formula is C8H10ClNS. The second-order valence-corrected chi connectivity index (χ2v) is 3.29. The fraction of sp³-hybridized carbons (Fsp3) is 0.375. The Balaban J connectivity index is 2.62. The van der Waals surface area contributed by atoms with Gasteiger partial charge in [-0.15, -0.1) is 11.6 Å². The van der Waals surface area contributed by atoms with Gasteiger partial charge in [-0.25, -0.2) is 0 Å². The number of aromatic nitrogens is 1. The maximum atomic E-state index is 5.54. The number of alkyl halides is 1. The fourth-order valence-corrected chi connectivity index (χ4v) is 1.47. The molecule has 0 aliphatic heterocycles. The van der Waals surface area contributed by atoms with Crippen LogP contribution < -0.4 is 0 Å². The fourth-order valence-electron chi connectivity index (χ4n) is 0.792. The molecule has 0 amide bonds. The van der Waals surface area contributed by atoms with Crippen LogP contribution in [0, 0.1) is 0 Å². The van der Waals surface area contributed by atoms with Crippen molar-refractivity contribution in [3.8, 4) is 0 Å². The number of hydrogen-bond donors (Lipinski definition) is 0. The monoisotopic (exact) mass is 187 g/mol. The second kappa shape index (κ2) is 4.52. The lowest BCUT2D eigenvalue weighted by Gasteiger charge is -1.92. The van der Waals surface area contributed by atoms with E-state index in [4.69, 9.17) is 11.6 Å². The minimum absolute atomic E-state index is 0.682. The number of hydrogen-bond acceptors (Lipinski definition) is 2. The van der Waals surface area contributed by atoms with E-state index in [1.807, 2.05) is 11.4 Å². The summed E-state index contributed by atoms with van der Waals surface area (Å²) in [6.07, 6.45) is 3.03. The van der Waals surface area contributed by atoms with Crippen LogP contribution in [0.1, 0.15) is 19.0 Å². The molecule has 0 radical (unpaired) electrons. The lowest BCUT2D eigenvalue weighted by Crippen LogP contribution is -1.78. The van der Waals surface area contributed by atoms with E-state index < -0.39 is 0 Å². The molecule has 1 heterocycles. The molecule has 1 rings (SSSR count). The first-order valence-electron chi connectivity index (χ1n) is 3.48. The molecule has 1 aromatic rings. The molecule has 0 bridgehead atoms. The Morgan fingerprint density at radius 2 is 2.64 bits per heavy atom. The summed E-state index contributed by atoms with van der Waals surface area (Å²) in [6, 6.07) is 2.02. The van der Waals surface area contributed by atoms with Gasteiger partial charge in [0.2, 0.25) is 0 Å². The molecule has 0 aliphatic carbocycles. The molecule has 0 unspecified atom stereocenters. The van der Waals surface area contributed by atoms with Crippen molar-refractivity contribution in [3.63, 3.8) is 0 Å². The van der Waals surface area contributed by atoms with Gasteiger partial charge in [-0.2, -0.15) is 4.37 Å². The van der Waals surface area contributed by atoms with Crippen LogP contribution in [0.3, 0.4) is 0 Å². The van der Waals surface area contributed by atoms with Crippen LogP contribution in [0.2, 0.25) is 0 Å². The highest BCUT2D eigenvalue weighted by Gasteiger charge is 1.95. The van der Waals surface area contributed by atoms with Gasteiger partial charge >= 0.3 is 0 Å². The van der Waals surface area contributed by atoms with E-state index in [0.717, 1.165) is 12.1 Å². The van der Waals surface area contributed by atoms with Gasteiger partial charge in [-0.1, -0.05) is 6.08 Å². The average molecular weight is 188 g/mol. The standard InChI is InChI=1S/C8H10ClNS/c1-7(3-2-5-9)8-4-6-11-10-8/h3-4,6H,2,5H2,1H3/b7-3-. The highest BCUT2D eigenvalue weighted by atomic mass is 35.5. The lowest BCUT2D eigenvalue weighted by atomic mass is 10.2. The van der Waals surface area contributed by atoms with Crippen molar-refractivity contribution in [1.29, 1.82) is 0 Å². The summed E-state index contributed by atoms with van der Waals surface area (Å²) in [5.74, 6) is 0.682.